The summed E-state index contributed by atoms with van der Waals surface area (Å²) in [5.74, 6) is 3.54. The lowest BCUT2D eigenvalue weighted by atomic mass is 9.49. The molecular formula is C32H37O2S+. The molecule has 1 atom stereocenters. The van der Waals surface area contributed by atoms with E-state index in [9.17, 15) is 5.11 Å². The monoisotopic (exact) mass is 485 g/mol. The number of ether oxygens (including phenoxy) is 1. The third kappa shape index (κ3) is 4.66. The highest BCUT2D eigenvalue weighted by molar-refractivity contribution is 7.97. The molecular weight excluding hydrogens is 448 g/mol. The summed E-state index contributed by atoms with van der Waals surface area (Å²) < 4.78 is 6.32. The number of rotatable bonds is 7. The Kier molecular flexibility index (Phi) is 6.18. The van der Waals surface area contributed by atoms with Gasteiger partial charge in [0.1, 0.15) is 5.75 Å². The number of aliphatic hydroxyl groups excluding tert-OH is 1. The minimum atomic E-state index is -0.726. The zero-order chi connectivity index (χ0) is 24.0. The maximum atomic E-state index is 11.1. The Morgan fingerprint density at radius 1 is 0.771 bits per heavy atom. The predicted octanol–water partition coefficient (Wildman–Crippen LogP) is 7.70. The van der Waals surface area contributed by atoms with E-state index >= 15 is 0 Å². The van der Waals surface area contributed by atoms with Gasteiger partial charge in [0.25, 0.3) is 0 Å². The molecule has 4 aliphatic rings. The fourth-order valence-electron chi connectivity index (χ4n) is 7.82. The van der Waals surface area contributed by atoms with Gasteiger partial charge in [-0.15, -0.1) is 0 Å². The molecule has 2 nitrogen and oxygen atoms in total. The molecule has 4 fully saturated rings. The first-order valence-corrected chi connectivity index (χ1v) is 14.5. The molecule has 182 valence electrons. The quantitative estimate of drug-likeness (QED) is 0.274. The van der Waals surface area contributed by atoms with Crippen molar-refractivity contribution in [3.8, 4) is 5.75 Å². The number of hydrogen-bond acceptors (Lipinski definition) is 2. The molecule has 0 aromatic heterocycles. The molecule has 0 saturated heterocycles. The van der Waals surface area contributed by atoms with Crippen LogP contribution in [0.2, 0.25) is 0 Å². The van der Waals surface area contributed by atoms with Crippen LogP contribution in [-0.2, 0) is 10.9 Å². The molecule has 4 aliphatic carbocycles. The Balaban J connectivity index is 1.25. The summed E-state index contributed by atoms with van der Waals surface area (Å²) in [7, 11) is -0.184. The fourth-order valence-corrected chi connectivity index (χ4v) is 10.1. The molecule has 1 unspecified atom stereocenters. The Morgan fingerprint density at radius 2 is 1.23 bits per heavy atom. The van der Waals surface area contributed by atoms with Gasteiger partial charge in [0.15, 0.2) is 21.0 Å². The summed E-state index contributed by atoms with van der Waals surface area (Å²) in [6.07, 6.45) is 8.25. The first-order chi connectivity index (χ1) is 17.0. The Hall–Kier alpha value is -2.23. The smallest absolute Gasteiger partial charge is 0.197 e. The van der Waals surface area contributed by atoms with Crippen molar-refractivity contribution in [1.29, 1.82) is 0 Å². The lowest BCUT2D eigenvalue weighted by molar-refractivity contribution is -0.116. The maximum absolute atomic E-state index is 11.1. The van der Waals surface area contributed by atoms with Crippen LogP contribution in [0.25, 0.3) is 0 Å². The van der Waals surface area contributed by atoms with Crippen LogP contribution in [0.15, 0.2) is 87.5 Å². The zero-order valence-corrected chi connectivity index (χ0v) is 21.8. The summed E-state index contributed by atoms with van der Waals surface area (Å²) >= 11 is 0. The van der Waals surface area contributed by atoms with Crippen molar-refractivity contribution in [3.05, 3.63) is 83.9 Å². The van der Waals surface area contributed by atoms with Crippen molar-refractivity contribution in [3.63, 3.8) is 0 Å². The van der Waals surface area contributed by atoms with Crippen molar-refractivity contribution in [2.24, 2.45) is 23.2 Å². The van der Waals surface area contributed by atoms with Crippen molar-refractivity contribution in [2.45, 2.75) is 79.8 Å². The van der Waals surface area contributed by atoms with Gasteiger partial charge in [0.2, 0.25) is 0 Å². The van der Waals surface area contributed by atoms with E-state index in [4.69, 9.17) is 4.74 Å². The van der Waals surface area contributed by atoms with Gasteiger partial charge in [0, 0.05) is 18.6 Å². The first-order valence-electron chi connectivity index (χ1n) is 13.3. The average molecular weight is 486 g/mol. The predicted molar refractivity (Wildman–Crippen MR) is 143 cm³/mol. The molecule has 3 aromatic rings. The van der Waals surface area contributed by atoms with E-state index in [-0.39, 0.29) is 10.9 Å². The molecule has 0 radical (unpaired) electrons. The van der Waals surface area contributed by atoms with Gasteiger partial charge in [-0.1, -0.05) is 36.4 Å². The second-order valence-electron chi connectivity index (χ2n) is 11.5. The molecule has 0 heterocycles. The average Bonchev–Trinajstić information content (AvgIpc) is 2.82. The van der Waals surface area contributed by atoms with Gasteiger partial charge in [0.05, 0.1) is 10.9 Å². The fraction of sp³-hybridized carbons (Fsp3) is 0.438. The molecule has 4 saturated carbocycles. The standard InChI is InChI=1S/C32H37O2S/c1-22-13-29(35(27-9-5-3-6-10-27)28-11-7-4-8-12-28)14-23(2)31(22)34-30(33)21-32-18-24-15-25(19-32)17-26(16-24)20-32/h3-14,24-26,30,33H,15-21H2,1-2H3/q+1. The third-order valence-corrected chi connectivity index (χ3v) is 10.8. The Bertz CT molecular complexity index is 1070. The third-order valence-electron chi connectivity index (χ3n) is 8.65. The van der Waals surface area contributed by atoms with E-state index in [1.54, 1.807) is 0 Å². The summed E-state index contributed by atoms with van der Waals surface area (Å²) in [6, 6.07) is 26.1. The molecule has 1 N–H and O–H groups in total. The number of aliphatic hydroxyl groups is 1. The topological polar surface area (TPSA) is 29.5 Å². The van der Waals surface area contributed by atoms with Crippen LogP contribution >= 0.6 is 0 Å². The van der Waals surface area contributed by atoms with E-state index in [2.05, 4.69) is 86.6 Å². The molecule has 3 aromatic carbocycles. The highest BCUT2D eigenvalue weighted by Crippen LogP contribution is 2.61. The van der Waals surface area contributed by atoms with Gasteiger partial charge in [-0.2, -0.15) is 0 Å². The molecule has 0 amide bonds. The van der Waals surface area contributed by atoms with Crippen molar-refractivity contribution < 1.29 is 9.84 Å². The van der Waals surface area contributed by atoms with Gasteiger partial charge < -0.3 is 9.84 Å². The van der Waals surface area contributed by atoms with Gasteiger partial charge in [-0.3, -0.25) is 0 Å². The second kappa shape index (κ2) is 9.33. The Morgan fingerprint density at radius 3 is 1.69 bits per heavy atom. The lowest BCUT2D eigenvalue weighted by Crippen LogP contribution is -2.47. The highest BCUT2D eigenvalue weighted by Gasteiger charge is 2.51. The molecule has 35 heavy (non-hydrogen) atoms. The largest absolute Gasteiger partial charge is 0.465 e. The minimum Gasteiger partial charge on any atom is -0.465 e. The molecule has 7 rings (SSSR count). The van der Waals surface area contributed by atoms with E-state index in [0.29, 0.717) is 5.41 Å². The van der Waals surface area contributed by atoms with Crippen LogP contribution in [0, 0.1) is 37.0 Å². The maximum Gasteiger partial charge on any atom is 0.197 e. The summed E-state index contributed by atoms with van der Waals surface area (Å²) in [4.78, 5) is 3.92. The lowest BCUT2D eigenvalue weighted by Gasteiger charge is -2.57. The van der Waals surface area contributed by atoms with E-state index in [0.717, 1.165) is 41.1 Å². The van der Waals surface area contributed by atoms with Crippen molar-refractivity contribution in [2.75, 3.05) is 0 Å². The van der Waals surface area contributed by atoms with Gasteiger partial charge >= 0.3 is 0 Å². The van der Waals surface area contributed by atoms with Crippen LogP contribution in [0.5, 0.6) is 5.75 Å². The van der Waals surface area contributed by atoms with E-state index in [1.807, 2.05) is 0 Å². The van der Waals surface area contributed by atoms with Gasteiger partial charge in [-0.05, 0) is 111 Å². The van der Waals surface area contributed by atoms with Crippen LogP contribution in [0.1, 0.15) is 56.1 Å². The van der Waals surface area contributed by atoms with E-state index in [1.165, 1.54) is 53.2 Å². The van der Waals surface area contributed by atoms with Crippen molar-refractivity contribution in [1.82, 2.24) is 0 Å². The molecule has 4 bridgehead atoms. The summed E-state index contributed by atoms with van der Waals surface area (Å²) in [6.45, 7) is 4.25. The molecule has 0 spiro atoms. The highest BCUT2D eigenvalue weighted by atomic mass is 32.2. The zero-order valence-electron chi connectivity index (χ0n) is 21.0. The number of benzene rings is 3. The summed E-state index contributed by atoms with van der Waals surface area (Å²) in [5, 5.41) is 11.1. The molecule has 3 heteroatoms. The summed E-state index contributed by atoms with van der Waals surface area (Å²) in [5.41, 5.74) is 2.52. The SMILES string of the molecule is Cc1cc([S+](c2ccccc2)c2ccccc2)cc(C)c1OC(O)CC12CC3CC(CC(C3)C1)C2. The molecule has 0 aliphatic heterocycles. The van der Waals surface area contributed by atoms with Gasteiger partial charge in [-0.25, -0.2) is 0 Å². The van der Waals surface area contributed by atoms with Crippen LogP contribution in [0.3, 0.4) is 0 Å². The minimum absolute atomic E-state index is 0.184. The van der Waals surface area contributed by atoms with E-state index < -0.39 is 6.29 Å². The van der Waals surface area contributed by atoms with Crippen LogP contribution in [-0.4, -0.2) is 11.4 Å². The van der Waals surface area contributed by atoms with Crippen LogP contribution in [0.4, 0.5) is 0 Å². The second-order valence-corrected chi connectivity index (χ2v) is 13.5. The normalized spacial score (nSPS) is 27.8. The first kappa shape index (κ1) is 23.2. The number of hydrogen-bond donors (Lipinski definition) is 1. The van der Waals surface area contributed by atoms with Crippen molar-refractivity contribution >= 4 is 10.9 Å². The van der Waals surface area contributed by atoms with Crippen LogP contribution < -0.4 is 4.74 Å². The number of aryl methyl sites for hydroxylation is 2. The Labute approximate surface area is 213 Å².